The van der Waals surface area contributed by atoms with Crippen molar-refractivity contribution in [2.75, 3.05) is 17.9 Å². The summed E-state index contributed by atoms with van der Waals surface area (Å²) >= 11 is 0. The van der Waals surface area contributed by atoms with E-state index in [-0.39, 0.29) is 34.7 Å². The number of anilines is 1. The van der Waals surface area contributed by atoms with Crippen molar-refractivity contribution in [3.05, 3.63) is 126 Å². The average molecular weight is 622 g/mol. The van der Waals surface area contributed by atoms with E-state index in [2.05, 4.69) is 10.0 Å². The van der Waals surface area contributed by atoms with E-state index in [9.17, 15) is 26.8 Å². The van der Waals surface area contributed by atoms with Crippen LogP contribution in [0.25, 0.3) is 0 Å². The molecule has 0 saturated heterocycles. The molecule has 0 radical (unpaired) electrons. The van der Waals surface area contributed by atoms with Gasteiger partial charge in [0.25, 0.3) is 15.9 Å². The molecular formula is C33H33F2N3O5S. The smallest absolute Gasteiger partial charge is 0.261 e. The topological polar surface area (TPSA) is 105 Å². The van der Waals surface area contributed by atoms with Gasteiger partial charge in [-0.25, -0.2) is 17.2 Å². The molecule has 230 valence electrons. The molecule has 44 heavy (non-hydrogen) atoms. The number of nitrogens with zero attached hydrogens (tertiary/aromatic N) is 1. The lowest BCUT2D eigenvalue weighted by atomic mass is 10.0. The van der Waals surface area contributed by atoms with Crippen molar-refractivity contribution in [2.45, 2.75) is 31.3 Å². The van der Waals surface area contributed by atoms with Crippen LogP contribution in [0.5, 0.6) is 5.75 Å². The average Bonchev–Trinajstić information content (AvgIpc) is 3.01. The number of hydrogen-bond acceptors (Lipinski definition) is 5. The molecule has 0 fully saturated rings. The Morgan fingerprint density at radius 3 is 2.00 bits per heavy atom. The van der Waals surface area contributed by atoms with Crippen LogP contribution in [0.4, 0.5) is 14.5 Å². The Morgan fingerprint density at radius 1 is 0.818 bits per heavy atom. The molecule has 0 heterocycles. The van der Waals surface area contributed by atoms with E-state index in [4.69, 9.17) is 4.74 Å². The highest BCUT2D eigenvalue weighted by Crippen LogP contribution is 2.25. The first-order valence-corrected chi connectivity index (χ1v) is 15.4. The molecule has 0 aliphatic rings. The van der Waals surface area contributed by atoms with Gasteiger partial charge in [-0.1, -0.05) is 56.3 Å². The van der Waals surface area contributed by atoms with Gasteiger partial charge < -0.3 is 15.0 Å². The van der Waals surface area contributed by atoms with Crippen LogP contribution >= 0.6 is 0 Å². The van der Waals surface area contributed by atoms with Gasteiger partial charge in [0.05, 0.1) is 4.90 Å². The van der Waals surface area contributed by atoms with Gasteiger partial charge in [-0.15, -0.1) is 0 Å². The van der Waals surface area contributed by atoms with Gasteiger partial charge in [-0.2, -0.15) is 0 Å². The van der Waals surface area contributed by atoms with Gasteiger partial charge >= 0.3 is 0 Å². The van der Waals surface area contributed by atoms with Gasteiger partial charge in [0.1, 0.15) is 23.4 Å². The number of hydrogen-bond donors (Lipinski definition) is 2. The van der Waals surface area contributed by atoms with Crippen LogP contribution in [0.2, 0.25) is 0 Å². The molecule has 2 N–H and O–H groups in total. The Labute approximate surface area is 255 Å². The van der Waals surface area contributed by atoms with Crippen molar-refractivity contribution in [1.29, 1.82) is 0 Å². The molecule has 0 aromatic heterocycles. The highest BCUT2D eigenvalue weighted by molar-refractivity contribution is 7.92. The van der Waals surface area contributed by atoms with E-state index in [0.717, 1.165) is 12.1 Å². The van der Waals surface area contributed by atoms with E-state index in [1.165, 1.54) is 53.4 Å². The van der Waals surface area contributed by atoms with Gasteiger partial charge in [0, 0.05) is 18.8 Å². The zero-order valence-corrected chi connectivity index (χ0v) is 25.1. The molecule has 0 aliphatic heterocycles. The summed E-state index contributed by atoms with van der Waals surface area (Å²) in [6, 6.07) is 23.8. The first kappa shape index (κ1) is 32.2. The second kappa shape index (κ2) is 14.6. The van der Waals surface area contributed by atoms with Crippen molar-refractivity contribution < 1.29 is 31.5 Å². The third kappa shape index (κ3) is 8.87. The van der Waals surface area contributed by atoms with Crippen molar-refractivity contribution >= 4 is 27.5 Å². The number of sulfonamides is 1. The number of benzene rings is 4. The maximum absolute atomic E-state index is 13.7. The molecular weight excluding hydrogens is 588 g/mol. The second-order valence-electron chi connectivity index (χ2n) is 10.5. The molecule has 2 amide bonds. The first-order valence-electron chi connectivity index (χ1n) is 13.9. The molecule has 4 aromatic rings. The van der Waals surface area contributed by atoms with Crippen LogP contribution in [-0.4, -0.2) is 38.3 Å². The lowest BCUT2D eigenvalue weighted by Gasteiger charge is -2.32. The molecule has 4 rings (SSSR count). The summed E-state index contributed by atoms with van der Waals surface area (Å²) < 4.78 is 60.4. The molecule has 1 atom stereocenters. The Bertz CT molecular complexity index is 1650. The highest BCUT2D eigenvalue weighted by Gasteiger charge is 2.32. The van der Waals surface area contributed by atoms with Crippen molar-refractivity contribution in [3.63, 3.8) is 0 Å². The van der Waals surface area contributed by atoms with Crippen LogP contribution in [-0.2, 0) is 26.2 Å². The van der Waals surface area contributed by atoms with E-state index in [1.807, 2.05) is 13.8 Å². The fraction of sp³-hybridized carbons (Fsp3) is 0.212. The van der Waals surface area contributed by atoms with Gasteiger partial charge in [-0.05, 0) is 77.7 Å². The molecule has 8 nitrogen and oxygen atoms in total. The van der Waals surface area contributed by atoms with Crippen molar-refractivity contribution in [2.24, 2.45) is 5.92 Å². The lowest BCUT2D eigenvalue weighted by Crippen LogP contribution is -2.45. The van der Waals surface area contributed by atoms with Crippen LogP contribution < -0.4 is 14.8 Å². The monoisotopic (exact) mass is 621 g/mol. The third-order valence-electron chi connectivity index (χ3n) is 6.54. The highest BCUT2D eigenvalue weighted by atomic mass is 32.2. The van der Waals surface area contributed by atoms with Gasteiger partial charge in [-0.3, -0.25) is 14.3 Å². The van der Waals surface area contributed by atoms with Gasteiger partial charge in [0.15, 0.2) is 6.61 Å². The summed E-state index contributed by atoms with van der Waals surface area (Å²) in [5, 5.41) is 2.91. The van der Waals surface area contributed by atoms with Gasteiger partial charge in [0.2, 0.25) is 5.91 Å². The molecule has 0 unspecified atom stereocenters. The van der Waals surface area contributed by atoms with Crippen LogP contribution in [0.3, 0.4) is 0 Å². The second-order valence-corrected chi connectivity index (χ2v) is 12.2. The minimum Gasteiger partial charge on any atom is -0.484 e. The molecule has 0 bridgehead atoms. The Morgan fingerprint density at radius 2 is 1.41 bits per heavy atom. The normalized spacial score (nSPS) is 11.9. The van der Waals surface area contributed by atoms with E-state index in [0.29, 0.717) is 17.7 Å². The maximum atomic E-state index is 13.7. The Balaban J connectivity index is 1.54. The van der Waals surface area contributed by atoms with E-state index < -0.39 is 40.2 Å². The van der Waals surface area contributed by atoms with Crippen molar-refractivity contribution in [1.82, 2.24) is 10.2 Å². The summed E-state index contributed by atoms with van der Waals surface area (Å²) in [4.78, 5) is 28.5. The SMILES string of the molecule is CC(C)CNC(=O)[C@H](c1ccccc1)N(Cc1ccc(F)cc1)C(=O)COc1ccc(S(=O)(=O)Nc2ccc(F)cc2)cc1. The van der Waals surface area contributed by atoms with Crippen LogP contribution in [0.1, 0.15) is 31.0 Å². The van der Waals surface area contributed by atoms with Crippen molar-refractivity contribution in [3.8, 4) is 5.75 Å². The summed E-state index contributed by atoms with van der Waals surface area (Å²) in [7, 11) is -3.96. The molecule has 4 aromatic carbocycles. The number of amides is 2. The molecule has 0 aliphatic carbocycles. The predicted molar refractivity (Wildman–Crippen MR) is 163 cm³/mol. The largest absolute Gasteiger partial charge is 0.484 e. The van der Waals surface area contributed by atoms with Crippen LogP contribution in [0.15, 0.2) is 108 Å². The summed E-state index contributed by atoms with van der Waals surface area (Å²) in [5.41, 5.74) is 1.40. The Hall–Kier alpha value is -4.77. The number of rotatable bonds is 13. The number of ether oxygens (including phenoxy) is 1. The standard InChI is InChI=1S/C33H33F2N3O5S/c1-23(2)20-36-33(40)32(25-6-4-3-5-7-25)38(21-24-8-10-26(34)11-9-24)31(39)22-43-29-16-18-30(19-17-29)44(41,42)37-28-14-12-27(35)13-15-28/h3-19,23,32,37H,20-22H2,1-2H3,(H,36,40)/t32-/m0/s1. The third-order valence-corrected chi connectivity index (χ3v) is 7.94. The molecule has 0 saturated carbocycles. The fourth-order valence-electron chi connectivity index (χ4n) is 4.29. The first-order chi connectivity index (χ1) is 21.0. The molecule has 0 spiro atoms. The predicted octanol–water partition coefficient (Wildman–Crippen LogP) is 5.69. The summed E-state index contributed by atoms with van der Waals surface area (Å²) in [6.45, 7) is 3.87. The van der Waals surface area contributed by atoms with E-state index in [1.54, 1.807) is 42.5 Å². The Kier molecular flexibility index (Phi) is 10.7. The molecule has 11 heteroatoms. The summed E-state index contributed by atoms with van der Waals surface area (Å²) in [6.07, 6.45) is 0. The number of carbonyl (C=O) groups is 2. The minimum atomic E-state index is -3.96. The number of nitrogens with one attached hydrogen (secondary N) is 2. The zero-order chi connectivity index (χ0) is 31.7. The quantitative estimate of drug-likeness (QED) is 0.200. The summed E-state index contributed by atoms with van der Waals surface area (Å²) in [5.74, 6) is -1.41. The number of halogens is 2. The van der Waals surface area contributed by atoms with Crippen LogP contribution in [0, 0.1) is 17.6 Å². The number of carbonyl (C=O) groups excluding carboxylic acids is 2. The minimum absolute atomic E-state index is 0.00334. The fourth-order valence-corrected chi connectivity index (χ4v) is 5.35. The zero-order valence-electron chi connectivity index (χ0n) is 24.2. The maximum Gasteiger partial charge on any atom is 0.261 e. The van der Waals surface area contributed by atoms with E-state index >= 15 is 0 Å². The lowest BCUT2D eigenvalue weighted by molar-refractivity contribution is -0.143.